The molecule has 1 aliphatic rings. The van der Waals surface area contributed by atoms with Crippen molar-refractivity contribution >= 4 is 17.8 Å². The van der Waals surface area contributed by atoms with Crippen LogP contribution >= 0.6 is 0 Å². The Morgan fingerprint density at radius 3 is 2.15 bits per heavy atom. The Morgan fingerprint density at radius 1 is 0.950 bits per heavy atom. The fourth-order valence-electron chi connectivity index (χ4n) is 4.63. The molecule has 2 heterocycles. The van der Waals surface area contributed by atoms with Crippen LogP contribution in [0.15, 0.2) is 54.6 Å². The van der Waals surface area contributed by atoms with Gasteiger partial charge in [0, 0.05) is 36.8 Å². The number of halogens is 3. The van der Waals surface area contributed by atoms with Crippen LogP contribution in [0.5, 0.6) is 0 Å². The van der Waals surface area contributed by atoms with Crippen molar-refractivity contribution in [3.8, 4) is 11.4 Å². The number of aromatic nitrogens is 2. The first kappa shape index (κ1) is 28.7. The molecular formula is C29H29F3N4O4. The Morgan fingerprint density at radius 2 is 1.60 bits per heavy atom. The van der Waals surface area contributed by atoms with E-state index >= 15 is 0 Å². The summed E-state index contributed by atoms with van der Waals surface area (Å²) in [4.78, 5) is 51.9. The van der Waals surface area contributed by atoms with Gasteiger partial charge in [-0.15, -0.1) is 0 Å². The fraction of sp³-hybridized carbons (Fsp3) is 0.345. The van der Waals surface area contributed by atoms with Crippen molar-refractivity contribution in [2.75, 3.05) is 26.7 Å². The summed E-state index contributed by atoms with van der Waals surface area (Å²) in [6.07, 6.45) is -4.50. The number of esters is 1. The average Bonchev–Trinajstić information content (AvgIpc) is 2.95. The summed E-state index contributed by atoms with van der Waals surface area (Å²) < 4.78 is 43.7. The van der Waals surface area contributed by atoms with Crippen molar-refractivity contribution in [1.29, 1.82) is 0 Å². The molecule has 2 aromatic carbocycles. The minimum atomic E-state index is -4.50. The summed E-state index contributed by atoms with van der Waals surface area (Å²) in [6.45, 7) is 5.87. The van der Waals surface area contributed by atoms with Gasteiger partial charge in [-0.1, -0.05) is 44.2 Å². The van der Waals surface area contributed by atoms with Crippen molar-refractivity contribution in [1.82, 2.24) is 19.8 Å². The molecule has 1 aliphatic heterocycles. The van der Waals surface area contributed by atoms with Crippen LogP contribution in [0.1, 0.15) is 69.2 Å². The van der Waals surface area contributed by atoms with Crippen molar-refractivity contribution < 1.29 is 32.3 Å². The molecule has 11 heteroatoms. The molecule has 2 amide bonds. The molecule has 1 fully saturated rings. The lowest BCUT2D eigenvalue weighted by atomic mass is 10.00. The van der Waals surface area contributed by atoms with E-state index in [1.54, 1.807) is 19.1 Å². The molecule has 3 aromatic rings. The predicted octanol–water partition coefficient (Wildman–Crippen LogP) is 5.06. The van der Waals surface area contributed by atoms with Gasteiger partial charge in [-0.2, -0.15) is 13.2 Å². The molecule has 210 valence electrons. The van der Waals surface area contributed by atoms with Gasteiger partial charge < -0.3 is 14.5 Å². The molecule has 0 spiro atoms. The number of piperazine rings is 1. The number of hydrogen-bond donors (Lipinski definition) is 0. The summed E-state index contributed by atoms with van der Waals surface area (Å²) in [5, 5.41) is 0. The Balaban J connectivity index is 1.62. The van der Waals surface area contributed by atoms with Crippen molar-refractivity contribution in [2.24, 2.45) is 0 Å². The van der Waals surface area contributed by atoms with Gasteiger partial charge in [-0.3, -0.25) is 9.59 Å². The molecule has 4 rings (SSSR count). The molecule has 0 bridgehead atoms. The van der Waals surface area contributed by atoms with Crippen LogP contribution in [0.25, 0.3) is 11.4 Å². The van der Waals surface area contributed by atoms with Crippen LogP contribution in [0.2, 0.25) is 0 Å². The van der Waals surface area contributed by atoms with Gasteiger partial charge in [0.2, 0.25) is 0 Å². The molecule has 0 saturated carbocycles. The number of alkyl halides is 3. The Labute approximate surface area is 229 Å². The number of methoxy groups -OCH3 is 1. The first-order chi connectivity index (χ1) is 18.9. The number of hydrogen-bond acceptors (Lipinski definition) is 6. The van der Waals surface area contributed by atoms with E-state index in [2.05, 4.69) is 9.97 Å². The standard InChI is InChI=1S/C29H29F3N4O4/c1-17(2)23-22(28(39)40-4)24(34-25(33-23)19-8-6-5-7-9-19)27(38)35-14-15-36(18(3)16-35)26(37)20-10-12-21(13-11-20)29(30,31)32/h5-13,17-18H,14-16H2,1-4H3. The highest BCUT2D eigenvalue weighted by atomic mass is 19.4. The van der Waals surface area contributed by atoms with Gasteiger partial charge >= 0.3 is 12.1 Å². The maximum atomic E-state index is 13.8. The van der Waals surface area contributed by atoms with Crippen molar-refractivity contribution in [2.45, 2.75) is 38.9 Å². The number of rotatable bonds is 5. The molecule has 0 aliphatic carbocycles. The van der Waals surface area contributed by atoms with Gasteiger partial charge in [0.15, 0.2) is 5.82 Å². The highest BCUT2D eigenvalue weighted by Crippen LogP contribution is 2.30. The lowest BCUT2D eigenvalue weighted by molar-refractivity contribution is -0.137. The molecule has 1 aromatic heterocycles. The van der Waals surface area contributed by atoms with Crippen LogP contribution in [0, 0.1) is 0 Å². The molecule has 0 radical (unpaired) electrons. The van der Waals surface area contributed by atoms with Crippen LogP contribution in [0.4, 0.5) is 13.2 Å². The molecule has 1 atom stereocenters. The molecule has 40 heavy (non-hydrogen) atoms. The third-order valence-corrected chi connectivity index (χ3v) is 6.74. The average molecular weight is 555 g/mol. The topological polar surface area (TPSA) is 92.7 Å². The van der Waals surface area contributed by atoms with E-state index in [4.69, 9.17) is 4.74 Å². The summed E-state index contributed by atoms with van der Waals surface area (Å²) in [5.74, 6) is -1.59. The Bertz CT molecular complexity index is 1410. The quantitative estimate of drug-likeness (QED) is 0.410. The summed E-state index contributed by atoms with van der Waals surface area (Å²) in [6, 6.07) is 12.7. The zero-order valence-electron chi connectivity index (χ0n) is 22.5. The molecule has 8 nitrogen and oxygen atoms in total. The van der Waals surface area contributed by atoms with Gasteiger partial charge in [-0.25, -0.2) is 14.8 Å². The van der Waals surface area contributed by atoms with E-state index in [0.29, 0.717) is 17.1 Å². The molecular weight excluding hydrogens is 525 g/mol. The minimum Gasteiger partial charge on any atom is -0.465 e. The predicted molar refractivity (Wildman–Crippen MR) is 141 cm³/mol. The number of benzene rings is 2. The zero-order valence-corrected chi connectivity index (χ0v) is 22.5. The summed E-state index contributed by atoms with van der Waals surface area (Å²) in [5.41, 5.74) is 0.257. The lowest BCUT2D eigenvalue weighted by Gasteiger charge is -2.40. The Kier molecular flexibility index (Phi) is 8.22. The minimum absolute atomic E-state index is 0.00176. The normalized spacial score (nSPS) is 15.8. The second-order valence-electron chi connectivity index (χ2n) is 9.84. The molecule has 1 unspecified atom stereocenters. The van der Waals surface area contributed by atoms with E-state index < -0.39 is 35.6 Å². The summed E-state index contributed by atoms with van der Waals surface area (Å²) >= 11 is 0. The lowest BCUT2D eigenvalue weighted by Crippen LogP contribution is -2.55. The number of amides is 2. The van der Waals surface area contributed by atoms with Gasteiger partial charge in [0.25, 0.3) is 11.8 Å². The van der Waals surface area contributed by atoms with E-state index in [0.717, 1.165) is 24.3 Å². The first-order valence-electron chi connectivity index (χ1n) is 12.8. The van der Waals surface area contributed by atoms with E-state index in [-0.39, 0.29) is 42.4 Å². The summed E-state index contributed by atoms with van der Waals surface area (Å²) in [7, 11) is 1.22. The highest BCUT2D eigenvalue weighted by molar-refractivity contribution is 6.05. The van der Waals surface area contributed by atoms with Crippen molar-refractivity contribution in [3.63, 3.8) is 0 Å². The first-order valence-corrected chi connectivity index (χ1v) is 12.8. The monoisotopic (exact) mass is 554 g/mol. The smallest absolute Gasteiger partial charge is 0.416 e. The van der Waals surface area contributed by atoms with Gasteiger partial charge in [0.1, 0.15) is 11.3 Å². The zero-order chi connectivity index (χ0) is 29.2. The number of ether oxygens (including phenoxy) is 1. The van der Waals surface area contributed by atoms with Gasteiger partial charge in [-0.05, 0) is 37.1 Å². The highest BCUT2D eigenvalue weighted by Gasteiger charge is 2.36. The second kappa shape index (κ2) is 11.4. The largest absolute Gasteiger partial charge is 0.465 e. The van der Waals surface area contributed by atoms with Crippen LogP contribution in [-0.2, 0) is 10.9 Å². The number of nitrogens with zero attached hydrogens (tertiary/aromatic N) is 4. The SMILES string of the molecule is COC(=O)c1c(C(=O)N2CCN(C(=O)c3ccc(C(F)(F)F)cc3)C(C)C2)nc(-c2ccccc2)nc1C(C)C. The van der Waals surface area contributed by atoms with Gasteiger partial charge in [0.05, 0.1) is 18.4 Å². The Hall–Kier alpha value is -4.28. The van der Waals surface area contributed by atoms with E-state index in [1.807, 2.05) is 32.0 Å². The number of carbonyl (C=O) groups excluding carboxylic acids is 3. The van der Waals surface area contributed by atoms with Crippen LogP contribution < -0.4 is 0 Å². The van der Waals surface area contributed by atoms with E-state index in [1.165, 1.54) is 16.9 Å². The molecule has 0 N–H and O–H groups in total. The third-order valence-electron chi connectivity index (χ3n) is 6.74. The van der Waals surface area contributed by atoms with E-state index in [9.17, 15) is 27.6 Å². The third kappa shape index (κ3) is 5.83. The maximum absolute atomic E-state index is 13.8. The van der Waals surface area contributed by atoms with Crippen molar-refractivity contribution in [3.05, 3.63) is 82.7 Å². The number of carbonyl (C=O) groups is 3. The second-order valence-corrected chi connectivity index (χ2v) is 9.84. The van der Waals surface area contributed by atoms with Crippen LogP contribution in [-0.4, -0.2) is 70.3 Å². The maximum Gasteiger partial charge on any atom is 0.416 e. The molecule has 1 saturated heterocycles. The fourth-order valence-corrected chi connectivity index (χ4v) is 4.63. The van der Waals surface area contributed by atoms with Crippen LogP contribution in [0.3, 0.4) is 0 Å².